The van der Waals surface area contributed by atoms with Crippen LogP contribution >= 0.6 is 0 Å². The molecular formula is C20H27F3N6O. The van der Waals surface area contributed by atoms with Crippen molar-refractivity contribution in [2.24, 2.45) is 13.0 Å². The molecule has 0 bridgehead atoms. The quantitative estimate of drug-likeness (QED) is 0.811. The number of nitrogens with zero attached hydrogens (tertiary/aromatic N) is 5. The Labute approximate surface area is 173 Å². The average molecular weight is 424 g/mol. The number of rotatable bonds is 3. The van der Waals surface area contributed by atoms with Gasteiger partial charge in [0.1, 0.15) is 5.82 Å². The third-order valence-electron chi connectivity index (χ3n) is 6.10. The minimum Gasteiger partial charge on any atom is -0.367 e. The van der Waals surface area contributed by atoms with Gasteiger partial charge in [-0.25, -0.2) is 4.68 Å². The molecule has 1 amide bonds. The summed E-state index contributed by atoms with van der Waals surface area (Å²) in [6.45, 7) is 4.37. The smallest absolute Gasteiger partial charge is 0.367 e. The normalized spacial score (nSPS) is 24.6. The van der Waals surface area contributed by atoms with Crippen LogP contribution in [0.5, 0.6) is 0 Å². The molecule has 1 N–H and O–H groups in total. The van der Waals surface area contributed by atoms with Gasteiger partial charge in [0.25, 0.3) is 5.91 Å². The van der Waals surface area contributed by atoms with E-state index in [0.29, 0.717) is 30.0 Å². The van der Waals surface area contributed by atoms with Gasteiger partial charge in [-0.15, -0.1) is 0 Å². The second-order valence-electron chi connectivity index (χ2n) is 8.60. The zero-order valence-corrected chi connectivity index (χ0v) is 17.4. The van der Waals surface area contributed by atoms with Crippen LogP contribution in [0.15, 0.2) is 18.5 Å². The Balaban J connectivity index is 1.67. The molecule has 164 valence electrons. The van der Waals surface area contributed by atoms with Gasteiger partial charge in [-0.2, -0.15) is 23.4 Å². The van der Waals surface area contributed by atoms with Crippen LogP contribution in [-0.2, 0) is 7.05 Å². The molecule has 3 atom stereocenters. The largest absolute Gasteiger partial charge is 0.410 e. The van der Waals surface area contributed by atoms with E-state index < -0.39 is 12.2 Å². The minimum absolute atomic E-state index is 0.0558. The summed E-state index contributed by atoms with van der Waals surface area (Å²) >= 11 is 0. The molecule has 4 rings (SSSR count). The lowest BCUT2D eigenvalue weighted by Gasteiger charge is -2.35. The Hall–Kier alpha value is -2.52. The van der Waals surface area contributed by atoms with E-state index in [1.807, 2.05) is 13.8 Å². The molecular weight excluding hydrogens is 397 g/mol. The maximum atomic E-state index is 13.8. The number of aryl methyl sites for hydroxylation is 1. The lowest BCUT2D eigenvalue weighted by Crippen LogP contribution is -2.41. The van der Waals surface area contributed by atoms with Crippen molar-refractivity contribution in [2.75, 3.05) is 11.9 Å². The first kappa shape index (κ1) is 20.7. The van der Waals surface area contributed by atoms with Crippen molar-refractivity contribution in [3.63, 3.8) is 0 Å². The lowest BCUT2D eigenvalue weighted by atomic mass is 9.94. The van der Waals surface area contributed by atoms with Crippen LogP contribution in [0.25, 0.3) is 0 Å². The number of likely N-dealkylation sites (tertiary alicyclic amines) is 1. The van der Waals surface area contributed by atoms with Crippen LogP contribution in [-0.4, -0.2) is 49.1 Å². The van der Waals surface area contributed by atoms with Crippen LogP contribution in [0.2, 0.25) is 0 Å². The summed E-state index contributed by atoms with van der Waals surface area (Å²) in [6, 6.07) is -0.612. The molecule has 0 aliphatic carbocycles. The van der Waals surface area contributed by atoms with E-state index in [9.17, 15) is 18.0 Å². The first-order valence-electron chi connectivity index (χ1n) is 10.4. The number of carbonyl (C=O) groups is 1. The van der Waals surface area contributed by atoms with Crippen molar-refractivity contribution in [3.8, 4) is 0 Å². The van der Waals surface area contributed by atoms with Gasteiger partial charge in [-0.1, -0.05) is 13.8 Å². The van der Waals surface area contributed by atoms with Crippen molar-refractivity contribution in [1.82, 2.24) is 24.5 Å². The monoisotopic (exact) mass is 424 g/mol. The second kappa shape index (κ2) is 7.63. The van der Waals surface area contributed by atoms with E-state index >= 15 is 0 Å². The zero-order valence-electron chi connectivity index (χ0n) is 17.4. The van der Waals surface area contributed by atoms with Gasteiger partial charge >= 0.3 is 6.18 Å². The molecule has 0 radical (unpaired) electrons. The molecule has 4 heterocycles. The van der Waals surface area contributed by atoms with Crippen molar-refractivity contribution in [2.45, 2.75) is 63.8 Å². The first-order chi connectivity index (χ1) is 14.1. The van der Waals surface area contributed by atoms with Gasteiger partial charge in [-0.3, -0.25) is 9.48 Å². The van der Waals surface area contributed by atoms with Crippen LogP contribution in [0.4, 0.5) is 19.0 Å². The number of alkyl halides is 3. The predicted octanol–water partition coefficient (Wildman–Crippen LogP) is 3.93. The van der Waals surface area contributed by atoms with Crippen LogP contribution in [0, 0.1) is 5.92 Å². The minimum atomic E-state index is -4.38. The molecule has 30 heavy (non-hydrogen) atoms. The van der Waals surface area contributed by atoms with E-state index in [1.54, 1.807) is 28.9 Å². The zero-order chi connectivity index (χ0) is 21.6. The Morgan fingerprint density at radius 3 is 2.70 bits per heavy atom. The van der Waals surface area contributed by atoms with Crippen LogP contribution < -0.4 is 5.32 Å². The first-order valence-corrected chi connectivity index (χ1v) is 10.4. The van der Waals surface area contributed by atoms with E-state index in [-0.39, 0.29) is 30.3 Å². The predicted molar refractivity (Wildman–Crippen MR) is 105 cm³/mol. The van der Waals surface area contributed by atoms with Crippen LogP contribution in [0.1, 0.15) is 67.7 Å². The molecule has 2 aliphatic heterocycles. The van der Waals surface area contributed by atoms with E-state index in [4.69, 9.17) is 0 Å². The number of piperidine rings is 1. The number of fused-ring (bicyclic) bond motifs is 1. The standard InChI is InChI=1S/C20H27F3N6O/c1-12(2)14-8-17(20(21,22)23)29-18(25-14)9-15(26-29)16-6-4-5-7-28(16)19(30)13-10-24-27(3)11-13/h9-12,14,16-17,25H,4-8H2,1-3H3/t14-,16-,17+/m0/s1. The maximum Gasteiger partial charge on any atom is 0.410 e. The number of nitrogens with one attached hydrogen (secondary N) is 1. The van der Waals surface area contributed by atoms with Gasteiger partial charge in [-0.05, 0) is 31.6 Å². The van der Waals surface area contributed by atoms with Gasteiger partial charge < -0.3 is 10.2 Å². The van der Waals surface area contributed by atoms with E-state index in [2.05, 4.69) is 15.5 Å². The maximum absolute atomic E-state index is 13.8. The third kappa shape index (κ3) is 3.79. The molecule has 0 saturated carbocycles. The number of halogens is 3. The fourth-order valence-corrected chi connectivity index (χ4v) is 4.40. The summed E-state index contributed by atoms with van der Waals surface area (Å²) in [5.74, 6) is 0.260. The topological polar surface area (TPSA) is 68.0 Å². The van der Waals surface area contributed by atoms with Crippen LogP contribution in [0.3, 0.4) is 0 Å². The van der Waals surface area contributed by atoms with Gasteiger partial charge in [0.2, 0.25) is 0 Å². The number of aromatic nitrogens is 4. The highest BCUT2D eigenvalue weighted by molar-refractivity contribution is 5.94. The second-order valence-corrected chi connectivity index (χ2v) is 8.60. The number of carbonyl (C=O) groups excluding carboxylic acids is 1. The highest BCUT2D eigenvalue weighted by Gasteiger charge is 2.47. The summed E-state index contributed by atoms with van der Waals surface area (Å²) in [6.07, 6.45) is 1.15. The fourth-order valence-electron chi connectivity index (χ4n) is 4.40. The Kier molecular flexibility index (Phi) is 5.27. The van der Waals surface area contributed by atoms with Gasteiger partial charge in [0.05, 0.1) is 23.5 Å². The Morgan fingerprint density at radius 1 is 1.30 bits per heavy atom. The van der Waals surface area contributed by atoms with Crippen molar-refractivity contribution < 1.29 is 18.0 Å². The van der Waals surface area contributed by atoms with E-state index in [0.717, 1.165) is 17.5 Å². The molecule has 1 fully saturated rings. The summed E-state index contributed by atoms with van der Waals surface area (Å²) < 4.78 is 43.9. The van der Waals surface area contributed by atoms with Crippen molar-refractivity contribution >= 4 is 11.7 Å². The molecule has 10 heteroatoms. The molecule has 2 aromatic rings. The highest BCUT2D eigenvalue weighted by atomic mass is 19.4. The van der Waals surface area contributed by atoms with Gasteiger partial charge in [0, 0.05) is 31.9 Å². The number of hydrogen-bond acceptors (Lipinski definition) is 4. The third-order valence-corrected chi connectivity index (χ3v) is 6.10. The summed E-state index contributed by atoms with van der Waals surface area (Å²) in [5, 5.41) is 11.6. The molecule has 2 aliphatic rings. The Bertz CT molecular complexity index is 918. The number of hydrogen-bond donors (Lipinski definition) is 1. The lowest BCUT2D eigenvalue weighted by molar-refractivity contribution is -0.174. The summed E-state index contributed by atoms with van der Waals surface area (Å²) in [7, 11) is 1.74. The fraction of sp³-hybridized carbons (Fsp3) is 0.650. The van der Waals surface area contributed by atoms with Crippen molar-refractivity contribution in [3.05, 3.63) is 29.7 Å². The SMILES string of the molecule is CC(C)[C@@H]1C[C@H](C(F)(F)F)n2nc([C@@H]3CCCCN3C(=O)c3cnn(C)c3)cc2N1. The molecule has 1 saturated heterocycles. The molecule has 7 nitrogen and oxygen atoms in total. The van der Waals surface area contributed by atoms with E-state index in [1.165, 1.54) is 6.20 Å². The Morgan fingerprint density at radius 2 is 2.07 bits per heavy atom. The van der Waals surface area contributed by atoms with Crippen molar-refractivity contribution in [1.29, 1.82) is 0 Å². The molecule has 0 aromatic carbocycles. The number of anilines is 1. The van der Waals surface area contributed by atoms with Gasteiger partial charge in [0.15, 0.2) is 6.04 Å². The number of amides is 1. The average Bonchev–Trinajstić information content (AvgIpc) is 3.31. The summed E-state index contributed by atoms with van der Waals surface area (Å²) in [4.78, 5) is 14.8. The molecule has 2 aromatic heterocycles. The summed E-state index contributed by atoms with van der Waals surface area (Å²) in [5.41, 5.74) is 0.979. The highest BCUT2D eigenvalue weighted by Crippen LogP contribution is 2.42. The molecule has 0 unspecified atom stereocenters. The molecule has 0 spiro atoms.